The molecule has 0 spiro atoms. The number of esters is 1. The van der Waals surface area contributed by atoms with Crippen molar-refractivity contribution in [3.8, 4) is 0 Å². The zero-order chi connectivity index (χ0) is 20.3. The first-order valence-electron chi connectivity index (χ1n) is 9.80. The Morgan fingerprint density at radius 1 is 1.14 bits per heavy atom. The van der Waals surface area contributed by atoms with E-state index in [4.69, 9.17) is 9.47 Å². The number of morpholine rings is 1. The average molecular weight is 388 g/mol. The van der Waals surface area contributed by atoms with Crippen molar-refractivity contribution in [2.75, 3.05) is 19.6 Å². The van der Waals surface area contributed by atoms with Crippen molar-refractivity contribution >= 4 is 17.8 Å². The van der Waals surface area contributed by atoms with Crippen molar-refractivity contribution in [1.29, 1.82) is 0 Å². The lowest BCUT2D eigenvalue weighted by molar-refractivity contribution is -0.166. The van der Waals surface area contributed by atoms with Gasteiger partial charge in [-0.05, 0) is 26.3 Å². The van der Waals surface area contributed by atoms with Crippen LogP contribution in [-0.4, -0.2) is 65.5 Å². The van der Waals surface area contributed by atoms with E-state index in [0.717, 1.165) is 5.56 Å². The van der Waals surface area contributed by atoms with E-state index in [9.17, 15) is 14.4 Å². The molecule has 7 nitrogen and oxygen atoms in total. The SMILES string of the molecule is C[C@@H]1CN(C(=O)[C@H](C)OC(=O)[C@@H]2CC(=O)N(Cc3ccccc3)C2)C[C@@H](C)O1. The van der Waals surface area contributed by atoms with Crippen molar-refractivity contribution in [2.45, 2.75) is 52.0 Å². The zero-order valence-electron chi connectivity index (χ0n) is 16.7. The molecule has 1 aromatic carbocycles. The molecule has 0 unspecified atom stereocenters. The number of likely N-dealkylation sites (tertiary alicyclic amines) is 1. The second-order valence-electron chi connectivity index (χ2n) is 7.74. The topological polar surface area (TPSA) is 76.2 Å². The van der Waals surface area contributed by atoms with Gasteiger partial charge in [-0.1, -0.05) is 30.3 Å². The van der Waals surface area contributed by atoms with E-state index >= 15 is 0 Å². The van der Waals surface area contributed by atoms with Crippen LogP contribution in [0.25, 0.3) is 0 Å². The third kappa shape index (κ3) is 4.90. The van der Waals surface area contributed by atoms with Crippen molar-refractivity contribution in [3.05, 3.63) is 35.9 Å². The van der Waals surface area contributed by atoms with Crippen molar-refractivity contribution in [2.24, 2.45) is 5.92 Å². The standard InChI is InChI=1S/C21H28N2O5/c1-14-10-23(11-15(2)27-14)20(25)16(3)28-21(26)18-9-19(24)22(13-18)12-17-7-5-4-6-8-17/h4-8,14-16,18H,9-13H2,1-3H3/t14-,15-,16+,18-/m1/s1. The predicted molar refractivity (Wildman–Crippen MR) is 102 cm³/mol. The predicted octanol–water partition coefficient (Wildman–Crippen LogP) is 1.60. The van der Waals surface area contributed by atoms with Gasteiger partial charge in [-0.25, -0.2) is 0 Å². The summed E-state index contributed by atoms with van der Waals surface area (Å²) in [7, 11) is 0. The van der Waals surface area contributed by atoms with Crippen LogP contribution < -0.4 is 0 Å². The summed E-state index contributed by atoms with van der Waals surface area (Å²) in [6.07, 6.45) is -0.842. The second-order valence-corrected chi connectivity index (χ2v) is 7.74. The molecule has 2 aliphatic heterocycles. The fourth-order valence-electron chi connectivity index (χ4n) is 3.82. The summed E-state index contributed by atoms with van der Waals surface area (Å²) in [6.45, 7) is 7.18. The first-order chi connectivity index (χ1) is 13.3. The van der Waals surface area contributed by atoms with E-state index in [1.54, 1.807) is 16.7 Å². The number of nitrogens with zero attached hydrogens (tertiary/aromatic N) is 2. The Morgan fingerprint density at radius 3 is 2.43 bits per heavy atom. The second kappa shape index (κ2) is 8.73. The molecule has 2 aliphatic rings. The third-order valence-electron chi connectivity index (χ3n) is 5.14. The van der Waals surface area contributed by atoms with E-state index in [1.165, 1.54) is 0 Å². The van der Waals surface area contributed by atoms with E-state index in [2.05, 4.69) is 0 Å². The van der Waals surface area contributed by atoms with Gasteiger partial charge in [-0.15, -0.1) is 0 Å². The Morgan fingerprint density at radius 2 is 1.79 bits per heavy atom. The minimum absolute atomic E-state index is 0.0467. The van der Waals surface area contributed by atoms with Crippen LogP contribution >= 0.6 is 0 Å². The molecular weight excluding hydrogens is 360 g/mol. The molecule has 2 saturated heterocycles. The normalized spacial score (nSPS) is 26.2. The van der Waals surface area contributed by atoms with Gasteiger partial charge in [0.25, 0.3) is 5.91 Å². The minimum atomic E-state index is -0.872. The van der Waals surface area contributed by atoms with Crippen LogP contribution in [0.4, 0.5) is 0 Å². The van der Waals surface area contributed by atoms with Gasteiger partial charge < -0.3 is 19.3 Å². The molecule has 7 heteroatoms. The quantitative estimate of drug-likeness (QED) is 0.716. The molecule has 0 aliphatic carbocycles. The fraction of sp³-hybridized carbons (Fsp3) is 0.571. The van der Waals surface area contributed by atoms with Gasteiger partial charge >= 0.3 is 5.97 Å². The Balaban J connectivity index is 1.53. The Hall–Kier alpha value is -2.41. The summed E-state index contributed by atoms with van der Waals surface area (Å²) >= 11 is 0. The Labute approximate surface area is 165 Å². The van der Waals surface area contributed by atoms with Gasteiger partial charge in [-0.3, -0.25) is 14.4 Å². The van der Waals surface area contributed by atoms with Crippen LogP contribution in [0.5, 0.6) is 0 Å². The van der Waals surface area contributed by atoms with E-state index in [0.29, 0.717) is 26.2 Å². The molecule has 0 N–H and O–H groups in total. The molecule has 28 heavy (non-hydrogen) atoms. The molecule has 3 rings (SSSR count). The monoisotopic (exact) mass is 388 g/mol. The number of ether oxygens (including phenoxy) is 2. The molecule has 0 aromatic heterocycles. The highest BCUT2D eigenvalue weighted by Crippen LogP contribution is 2.22. The summed E-state index contributed by atoms with van der Waals surface area (Å²) in [6, 6.07) is 9.66. The Bertz CT molecular complexity index is 713. The first kappa shape index (κ1) is 20.3. The smallest absolute Gasteiger partial charge is 0.312 e. The van der Waals surface area contributed by atoms with E-state index in [1.807, 2.05) is 44.2 Å². The number of hydrogen-bond acceptors (Lipinski definition) is 5. The minimum Gasteiger partial charge on any atom is -0.452 e. The van der Waals surface area contributed by atoms with E-state index < -0.39 is 18.0 Å². The largest absolute Gasteiger partial charge is 0.452 e. The average Bonchev–Trinajstić information content (AvgIpc) is 3.01. The molecular formula is C21H28N2O5. The van der Waals surface area contributed by atoms with Crippen molar-refractivity contribution in [3.63, 3.8) is 0 Å². The molecule has 4 atom stereocenters. The molecule has 2 fully saturated rings. The summed E-state index contributed by atoms with van der Waals surface area (Å²) in [5.41, 5.74) is 1.02. The van der Waals surface area contributed by atoms with Crippen molar-refractivity contribution < 1.29 is 23.9 Å². The summed E-state index contributed by atoms with van der Waals surface area (Å²) in [5, 5.41) is 0. The molecule has 1 aromatic rings. The van der Waals surface area contributed by atoms with Gasteiger partial charge in [-0.2, -0.15) is 0 Å². The van der Waals surface area contributed by atoms with Crippen LogP contribution in [0.2, 0.25) is 0 Å². The lowest BCUT2D eigenvalue weighted by Crippen LogP contribution is -2.51. The number of benzene rings is 1. The van der Waals surface area contributed by atoms with Gasteiger partial charge in [0.1, 0.15) is 0 Å². The highest BCUT2D eigenvalue weighted by Gasteiger charge is 2.37. The van der Waals surface area contributed by atoms with Crippen LogP contribution in [0.1, 0.15) is 32.8 Å². The third-order valence-corrected chi connectivity index (χ3v) is 5.14. The van der Waals surface area contributed by atoms with Crippen LogP contribution in [0.15, 0.2) is 30.3 Å². The number of amides is 2. The molecule has 0 bridgehead atoms. The van der Waals surface area contributed by atoms with Crippen molar-refractivity contribution in [1.82, 2.24) is 9.80 Å². The number of carbonyl (C=O) groups is 3. The molecule has 2 heterocycles. The van der Waals surface area contributed by atoms with Crippen LogP contribution in [0.3, 0.4) is 0 Å². The van der Waals surface area contributed by atoms with Gasteiger partial charge in [0, 0.05) is 32.6 Å². The highest BCUT2D eigenvalue weighted by molar-refractivity contribution is 5.89. The number of rotatable bonds is 5. The summed E-state index contributed by atoms with van der Waals surface area (Å²) < 4.78 is 11.1. The molecule has 152 valence electrons. The fourth-order valence-corrected chi connectivity index (χ4v) is 3.82. The summed E-state index contributed by atoms with van der Waals surface area (Å²) in [5.74, 6) is -1.31. The Kier molecular flexibility index (Phi) is 6.34. The number of hydrogen-bond donors (Lipinski definition) is 0. The van der Waals surface area contributed by atoms with Crippen LogP contribution in [0, 0.1) is 5.92 Å². The van der Waals surface area contributed by atoms with Gasteiger partial charge in [0.05, 0.1) is 18.1 Å². The highest BCUT2D eigenvalue weighted by atomic mass is 16.5. The first-order valence-corrected chi connectivity index (χ1v) is 9.80. The van der Waals surface area contributed by atoms with Crippen LogP contribution in [-0.2, 0) is 30.4 Å². The number of carbonyl (C=O) groups excluding carboxylic acids is 3. The van der Waals surface area contributed by atoms with Gasteiger partial charge in [0.2, 0.25) is 5.91 Å². The summed E-state index contributed by atoms with van der Waals surface area (Å²) in [4.78, 5) is 40.8. The molecule has 2 amide bonds. The molecule has 0 radical (unpaired) electrons. The van der Waals surface area contributed by atoms with Gasteiger partial charge in [0.15, 0.2) is 6.10 Å². The lowest BCUT2D eigenvalue weighted by atomic mass is 10.1. The maximum absolute atomic E-state index is 12.6. The zero-order valence-corrected chi connectivity index (χ0v) is 16.7. The van der Waals surface area contributed by atoms with E-state index in [-0.39, 0.29) is 30.4 Å². The molecule has 0 saturated carbocycles. The maximum atomic E-state index is 12.6. The lowest BCUT2D eigenvalue weighted by Gasteiger charge is -2.36. The maximum Gasteiger partial charge on any atom is 0.312 e.